The lowest BCUT2D eigenvalue weighted by molar-refractivity contribution is 0.0520. The van der Waals surface area contributed by atoms with Gasteiger partial charge in [-0.05, 0) is 31.5 Å². The molecule has 7 heteroatoms. The standard InChI is InChI=1S/C20H21N3O4/c1-4-26-20(24)18-17(21-23-22-18)15-9-6-10-16(25-3)19(15)27-12-14-8-5-7-13(2)11-14/h5-11H,4,12H2,1-3H3,(H,21,22,23). The third-order valence-electron chi connectivity index (χ3n) is 3.94. The van der Waals surface area contributed by atoms with Crippen molar-refractivity contribution in [3.8, 4) is 22.8 Å². The van der Waals surface area contributed by atoms with Crippen LogP contribution in [0.3, 0.4) is 0 Å². The number of aromatic nitrogens is 3. The van der Waals surface area contributed by atoms with Crippen LogP contribution in [0.1, 0.15) is 28.5 Å². The van der Waals surface area contributed by atoms with Gasteiger partial charge >= 0.3 is 5.97 Å². The van der Waals surface area contributed by atoms with E-state index in [4.69, 9.17) is 14.2 Å². The van der Waals surface area contributed by atoms with E-state index >= 15 is 0 Å². The Bertz CT molecular complexity index is 936. The second-order valence-electron chi connectivity index (χ2n) is 5.86. The molecular weight excluding hydrogens is 346 g/mol. The molecule has 140 valence electrons. The van der Waals surface area contributed by atoms with Crippen LogP contribution in [0.25, 0.3) is 11.3 Å². The largest absolute Gasteiger partial charge is 0.493 e. The lowest BCUT2D eigenvalue weighted by Gasteiger charge is -2.14. The normalized spacial score (nSPS) is 10.5. The molecule has 0 bridgehead atoms. The Morgan fingerprint density at radius 1 is 1.15 bits per heavy atom. The van der Waals surface area contributed by atoms with Crippen molar-refractivity contribution in [3.63, 3.8) is 0 Å². The number of esters is 1. The molecule has 0 saturated carbocycles. The Hall–Kier alpha value is -3.35. The molecule has 1 heterocycles. The number of aromatic amines is 1. The molecule has 0 aliphatic heterocycles. The first-order valence-electron chi connectivity index (χ1n) is 8.57. The van der Waals surface area contributed by atoms with Crippen LogP contribution in [0.15, 0.2) is 42.5 Å². The second-order valence-corrected chi connectivity index (χ2v) is 5.86. The lowest BCUT2D eigenvalue weighted by Crippen LogP contribution is -2.07. The molecule has 0 aliphatic carbocycles. The van der Waals surface area contributed by atoms with E-state index in [1.165, 1.54) is 0 Å². The summed E-state index contributed by atoms with van der Waals surface area (Å²) in [6.07, 6.45) is 0. The maximum absolute atomic E-state index is 12.2. The van der Waals surface area contributed by atoms with Crippen LogP contribution in [0.5, 0.6) is 11.5 Å². The van der Waals surface area contributed by atoms with Crippen LogP contribution in [-0.2, 0) is 11.3 Å². The highest BCUT2D eigenvalue weighted by atomic mass is 16.5. The molecule has 0 saturated heterocycles. The van der Waals surface area contributed by atoms with Gasteiger partial charge in [-0.15, -0.1) is 5.10 Å². The van der Waals surface area contributed by atoms with Crippen LogP contribution < -0.4 is 9.47 Å². The quantitative estimate of drug-likeness (QED) is 0.643. The molecule has 0 unspecified atom stereocenters. The predicted octanol–water partition coefficient (Wildman–Crippen LogP) is 3.54. The Morgan fingerprint density at radius 3 is 2.70 bits per heavy atom. The summed E-state index contributed by atoms with van der Waals surface area (Å²) in [5, 5.41) is 10.5. The third kappa shape index (κ3) is 4.08. The minimum Gasteiger partial charge on any atom is -0.493 e. The summed E-state index contributed by atoms with van der Waals surface area (Å²) in [7, 11) is 1.56. The molecule has 0 fully saturated rings. The number of hydrogen-bond donors (Lipinski definition) is 1. The van der Waals surface area contributed by atoms with Crippen molar-refractivity contribution in [2.45, 2.75) is 20.5 Å². The van der Waals surface area contributed by atoms with Gasteiger partial charge in [-0.2, -0.15) is 10.3 Å². The fraction of sp³-hybridized carbons (Fsp3) is 0.250. The maximum Gasteiger partial charge on any atom is 0.361 e. The van der Waals surface area contributed by atoms with E-state index < -0.39 is 5.97 Å². The highest BCUT2D eigenvalue weighted by Gasteiger charge is 2.23. The molecule has 0 aliphatic rings. The van der Waals surface area contributed by atoms with Crippen molar-refractivity contribution in [2.75, 3.05) is 13.7 Å². The number of H-pyrrole nitrogens is 1. The van der Waals surface area contributed by atoms with Crippen LogP contribution in [0.2, 0.25) is 0 Å². The molecule has 0 atom stereocenters. The van der Waals surface area contributed by atoms with Gasteiger partial charge in [0.05, 0.1) is 19.3 Å². The maximum atomic E-state index is 12.2. The number of para-hydroxylation sites is 1. The summed E-state index contributed by atoms with van der Waals surface area (Å²) in [4.78, 5) is 12.2. The monoisotopic (exact) mass is 367 g/mol. The Kier molecular flexibility index (Phi) is 5.71. The number of methoxy groups -OCH3 is 1. The summed E-state index contributed by atoms with van der Waals surface area (Å²) < 4.78 is 16.6. The number of benzene rings is 2. The Labute approximate surface area is 157 Å². The first kappa shape index (κ1) is 18.4. The van der Waals surface area contributed by atoms with Gasteiger partial charge in [0.2, 0.25) is 0 Å². The van der Waals surface area contributed by atoms with E-state index in [1.807, 2.05) is 25.1 Å². The van der Waals surface area contributed by atoms with Gasteiger partial charge in [-0.25, -0.2) is 4.79 Å². The minimum absolute atomic E-state index is 0.102. The summed E-state index contributed by atoms with van der Waals surface area (Å²) >= 11 is 0. The smallest absolute Gasteiger partial charge is 0.361 e. The van der Waals surface area contributed by atoms with Crippen molar-refractivity contribution in [1.29, 1.82) is 0 Å². The molecule has 0 amide bonds. The first-order valence-corrected chi connectivity index (χ1v) is 8.57. The Balaban J connectivity index is 1.97. The molecule has 2 aromatic carbocycles. The molecule has 1 aromatic heterocycles. The van der Waals surface area contributed by atoms with Gasteiger partial charge < -0.3 is 14.2 Å². The predicted molar refractivity (Wildman–Crippen MR) is 99.8 cm³/mol. The number of carbonyl (C=O) groups excluding carboxylic acids is 1. The van der Waals surface area contributed by atoms with Crippen molar-refractivity contribution in [3.05, 3.63) is 59.3 Å². The number of nitrogens with one attached hydrogen (secondary N) is 1. The van der Waals surface area contributed by atoms with E-state index in [2.05, 4.69) is 21.5 Å². The van der Waals surface area contributed by atoms with Crippen molar-refractivity contribution >= 4 is 5.97 Å². The number of rotatable bonds is 7. The number of ether oxygens (including phenoxy) is 3. The molecule has 0 radical (unpaired) electrons. The molecular formula is C20H21N3O4. The van der Waals surface area contributed by atoms with Gasteiger partial charge in [-0.1, -0.05) is 35.9 Å². The van der Waals surface area contributed by atoms with Crippen LogP contribution in [0, 0.1) is 6.92 Å². The topological polar surface area (TPSA) is 86.3 Å². The SMILES string of the molecule is CCOC(=O)c1n[nH]nc1-c1cccc(OC)c1OCc1cccc(C)c1. The van der Waals surface area contributed by atoms with Crippen molar-refractivity contribution in [1.82, 2.24) is 15.4 Å². The van der Waals surface area contributed by atoms with Gasteiger partial charge in [0.15, 0.2) is 17.2 Å². The van der Waals surface area contributed by atoms with Gasteiger partial charge in [0.1, 0.15) is 12.3 Å². The molecule has 1 N–H and O–H groups in total. The zero-order valence-electron chi connectivity index (χ0n) is 15.5. The Morgan fingerprint density at radius 2 is 1.96 bits per heavy atom. The fourth-order valence-electron chi connectivity index (χ4n) is 2.73. The third-order valence-corrected chi connectivity index (χ3v) is 3.94. The summed E-state index contributed by atoms with van der Waals surface area (Å²) in [6, 6.07) is 13.4. The number of carbonyl (C=O) groups is 1. The minimum atomic E-state index is -0.547. The van der Waals surface area contributed by atoms with Crippen LogP contribution >= 0.6 is 0 Å². The molecule has 3 aromatic rings. The van der Waals surface area contributed by atoms with Gasteiger partial charge in [0.25, 0.3) is 0 Å². The second kappa shape index (κ2) is 8.35. The highest BCUT2D eigenvalue weighted by Crippen LogP contribution is 2.38. The van der Waals surface area contributed by atoms with Crippen molar-refractivity contribution in [2.24, 2.45) is 0 Å². The number of hydrogen-bond acceptors (Lipinski definition) is 6. The zero-order valence-corrected chi connectivity index (χ0v) is 15.5. The van der Waals surface area contributed by atoms with Crippen LogP contribution in [0.4, 0.5) is 0 Å². The van der Waals surface area contributed by atoms with Crippen molar-refractivity contribution < 1.29 is 19.0 Å². The molecule has 3 rings (SSSR count). The summed E-state index contributed by atoms with van der Waals surface area (Å²) in [5.41, 5.74) is 3.23. The number of aryl methyl sites for hydroxylation is 1. The van der Waals surface area contributed by atoms with E-state index in [0.717, 1.165) is 11.1 Å². The summed E-state index contributed by atoms with van der Waals surface area (Å²) in [5.74, 6) is 0.479. The van der Waals surface area contributed by atoms with E-state index in [9.17, 15) is 4.79 Å². The first-order chi connectivity index (χ1) is 13.1. The average Bonchev–Trinajstić information content (AvgIpc) is 3.16. The molecule has 0 spiro atoms. The van der Waals surface area contributed by atoms with Gasteiger partial charge in [0, 0.05) is 0 Å². The summed E-state index contributed by atoms with van der Waals surface area (Å²) in [6.45, 7) is 4.36. The zero-order chi connectivity index (χ0) is 19.2. The van der Waals surface area contributed by atoms with E-state index in [-0.39, 0.29) is 12.3 Å². The number of nitrogens with zero attached hydrogens (tertiary/aromatic N) is 2. The van der Waals surface area contributed by atoms with Crippen LogP contribution in [-0.4, -0.2) is 35.1 Å². The molecule has 27 heavy (non-hydrogen) atoms. The lowest BCUT2D eigenvalue weighted by atomic mass is 10.1. The highest BCUT2D eigenvalue weighted by molar-refractivity contribution is 5.95. The average molecular weight is 367 g/mol. The molecule has 7 nitrogen and oxygen atoms in total. The van der Waals surface area contributed by atoms with E-state index in [1.54, 1.807) is 32.2 Å². The van der Waals surface area contributed by atoms with E-state index in [0.29, 0.717) is 29.4 Å². The fourth-order valence-corrected chi connectivity index (χ4v) is 2.73. The van der Waals surface area contributed by atoms with Gasteiger partial charge in [-0.3, -0.25) is 0 Å².